The van der Waals surface area contributed by atoms with Crippen LogP contribution in [0.1, 0.15) is 31.7 Å². The van der Waals surface area contributed by atoms with E-state index in [4.69, 9.17) is 0 Å². The number of para-hydroxylation sites is 1. The molecule has 0 radical (unpaired) electrons. The third kappa shape index (κ3) is 3.70. The van der Waals surface area contributed by atoms with Crippen LogP contribution in [0.5, 0.6) is 5.75 Å². The summed E-state index contributed by atoms with van der Waals surface area (Å²) >= 11 is 0. The number of aromatic hydroxyl groups is 1. The zero-order valence-corrected chi connectivity index (χ0v) is 11.4. The second kappa shape index (κ2) is 6.57. The fraction of sp³-hybridized carbons (Fsp3) is 0.533. The van der Waals surface area contributed by atoms with Gasteiger partial charge in [0.05, 0.1) is 6.04 Å². The van der Waals surface area contributed by atoms with Crippen LogP contribution in [0.2, 0.25) is 0 Å². The van der Waals surface area contributed by atoms with Crippen molar-refractivity contribution >= 4 is 5.91 Å². The number of hydrogen-bond donors (Lipinski definition) is 2. The zero-order chi connectivity index (χ0) is 13.7. The van der Waals surface area contributed by atoms with Gasteiger partial charge in [0, 0.05) is 25.2 Å². The van der Waals surface area contributed by atoms with Crippen molar-refractivity contribution in [3.05, 3.63) is 29.8 Å². The first-order valence-corrected chi connectivity index (χ1v) is 6.97. The van der Waals surface area contributed by atoms with Crippen molar-refractivity contribution < 1.29 is 9.90 Å². The number of phenols is 1. The van der Waals surface area contributed by atoms with Crippen LogP contribution in [-0.2, 0) is 11.3 Å². The first-order valence-electron chi connectivity index (χ1n) is 6.97. The largest absolute Gasteiger partial charge is 0.508 e. The van der Waals surface area contributed by atoms with E-state index in [-0.39, 0.29) is 17.7 Å². The minimum atomic E-state index is -0.210. The van der Waals surface area contributed by atoms with E-state index in [9.17, 15) is 9.90 Å². The number of nitrogens with zero attached hydrogens (tertiary/aromatic N) is 1. The summed E-state index contributed by atoms with van der Waals surface area (Å²) in [7, 11) is 0. The molecule has 0 saturated carbocycles. The summed E-state index contributed by atoms with van der Waals surface area (Å²) in [6, 6.07) is 6.99. The number of amides is 1. The SMILES string of the molecule is CC(NCc1ccccc1O)C(=O)N1CCCCC1. The molecule has 1 saturated heterocycles. The molecule has 0 bridgehead atoms. The van der Waals surface area contributed by atoms with Crippen LogP contribution in [-0.4, -0.2) is 35.0 Å². The molecule has 1 aliphatic rings. The van der Waals surface area contributed by atoms with E-state index in [1.165, 1.54) is 6.42 Å². The highest BCUT2D eigenvalue weighted by Gasteiger charge is 2.21. The van der Waals surface area contributed by atoms with E-state index in [1.807, 2.05) is 24.0 Å². The van der Waals surface area contributed by atoms with Crippen LogP contribution in [0.25, 0.3) is 0 Å². The third-order valence-corrected chi connectivity index (χ3v) is 3.63. The summed E-state index contributed by atoms with van der Waals surface area (Å²) in [6.07, 6.45) is 3.44. The molecule has 1 heterocycles. The predicted molar refractivity (Wildman–Crippen MR) is 74.8 cm³/mol. The molecule has 1 fully saturated rings. The van der Waals surface area contributed by atoms with Crippen molar-refractivity contribution in [3.63, 3.8) is 0 Å². The maximum Gasteiger partial charge on any atom is 0.239 e. The van der Waals surface area contributed by atoms with Gasteiger partial charge in [-0.15, -0.1) is 0 Å². The molecule has 4 heteroatoms. The Bertz CT molecular complexity index is 428. The van der Waals surface area contributed by atoms with Gasteiger partial charge in [-0.3, -0.25) is 4.79 Å². The average molecular weight is 262 g/mol. The zero-order valence-electron chi connectivity index (χ0n) is 11.4. The molecule has 4 nitrogen and oxygen atoms in total. The lowest BCUT2D eigenvalue weighted by molar-refractivity contribution is -0.133. The van der Waals surface area contributed by atoms with E-state index in [2.05, 4.69) is 5.32 Å². The van der Waals surface area contributed by atoms with Gasteiger partial charge in [-0.1, -0.05) is 18.2 Å². The summed E-state index contributed by atoms with van der Waals surface area (Å²) in [5.41, 5.74) is 0.820. The quantitative estimate of drug-likeness (QED) is 0.871. The van der Waals surface area contributed by atoms with Gasteiger partial charge in [-0.25, -0.2) is 0 Å². The van der Waals surface area contributed by atoms with Gasteiger partial charge in [0.2, 0.25) is 5.91 Å². The minimum Gasteiger partial charge on any atom is -0.508 e. The van der Waals surface area contributed by atoms with Crippen LogP contribution in [0.3, 0.4) is 0 Å². The number of rotatable bonds is 4. The highest BCUT2D eigenvalue weighted by molar-refractivity contribution is 5.81. The molecule has 1 amide bonds. The molecule has 0 aliphatic carbocycles. The lowest BCUT2D eigenvalue weighted by atomic mass is 10.1. The Balaban J connectivity index is 1.85. The van der Waals surface area contributed by atoms with Gasteiger partial charge in [0.25, 0.3) is 0 Å². The van der Waals surface area contributed by atoms with E-state index >= 15 is 0 Å². The number of hydrogen-bond acceptors (Lipinski definition) is 3. The standard InChI is InChI=1S/C15H22N2O2/c1-12(15(19)17-9-5-2-6-10-17)16-11-13-7-3-4-8-14(13)18/h3-4,7-8,12,16,18H,2,5-6,9-11H2,1H3. The van der Waals surface area contributed by atoms with Crippen molar-refractivity contribution in [3.8, 4) is 5.75 Å². The van der Waals surface area contributed by atoms with Gasteiger partial charge in [-0.05, 0) is 32.3 Å². The smallest absolute Gasteiger partial charge is 0.239 e. The Hall–Kier alpha value is -1.55. The number of nitrogens with one attached hydrogen (secondary N) is 1. The molecule has 1 aliphatic heterocycles. The lowest BCUT2D eigenvalue weighted by Crippen LogP contribution is -2.46. The monoisotopic (exact) mass is 262 g/mol. The molecular formula is C15H22N2O2. The maximum absolute atomic E-state index is 12.2. The fourth-order valence-corrected chi connectivity index (χ4v) is 2.40. The van der Waals surface area contributed by atoms with Crippen LogP contribution >= 0.6 is 0 Å². The molecule has 104 valence electrons. The summed E-state index contributed by atoms with van der Waals surface area (Å²) in [5, 5.41) is 12.9. The molecule has 2 N–H and O–H groups in total. The Morgan fingerprint density at radius 3 is 2.68 bits per heavy atom. The predicted octanol–water partition coefficient (Wildman–Crippen LogP) is 1.88. The molecule has 0 aromatic heterocycles. The maximum atomic E-state index is 12.2. The number of phenolic OH excluding ortho intramolecular Hbond substituents is 1. The van der Waals surface area contributed by atoms with Gasteiger partial charge in [0.15, 0.2) is 0 Å². The topological polar surface area (TPSA) is 52.6 Å². The highest BCUT2D eigenvalue weighted by atomic mass is 16.3. The normalized spacial score (nSPS) is 17.2. The second-order valence-corrected chi connectivity index (χ2v) is 5.12. The van der Waals surface area contributed by atoms with Gasteiger partial charge < -0.3 is 15.3 Å². The van der Waals surface area contributed by atoms with E-state index in [1.54, 1.807) is 12.1 Å². The van der Waals surface area contributed by atoms with Crippen molar-refractivity contribution in [1.29, 1.82) is 0 Å². The lowest BCUT2D eigenvalue weighted by Gasteiger charge is -2.29. The summed E-state index contributed by atoms with van der Waals surface area (Å²) in [5.74, 6) is 0.433. The number of carbonyl (C=O) groups is 1. The molecule has 1 aromatic carbocycles. The first-order chi connectivity index (χ1) is 9.18. The molecule has 1 unspecified atom stereocenters. The molecule has 2 rings (SSSR count). The van der Waals surface area contributed by atoms with Gasteiger partial charge in [0.1, 0.15) is 5.75 Å². The Morgan fingerprint density at radius 1 is 1.32 bits per heavy atom. The summed E-state index contributed by atoms with van der Waals surface area (Å²) in [6.45, 7) is 4.15. The molecular weight excluding hydrogens is 240 g/mol. The Labute approximate surface area is 114 Å². The van der Waals surface area contributed by atoms with Crippen molar-refractivity contribution in [1.82, 2.24) is 10.2 Å². The number of benzene rings is 1. The molecule has 1 aromatic rings. The fourth-order valence-electron chi connectivity index (χ4n) is 2.40. The Kier molecular flexibility index (Phi) is 4.80. The van der Waals surface area contributed by atoms with Crippen LogP contribution in [0, 0.1) is 0 Å². The number of carbonyl (C=O) groups excluding carboxylic acids is 1. The minimum absolute atomic E-state index is 0.162. The molecule has 19 heavy (non-hydrogen) atoms. The van der Waals surface area contributed by atoms with Gasteiger partial charge >= 0.3 is 0 Å². The van der Waals surface area contributed by atoms with E-state index < -0.39 is 0 Å². The summed E-state index contributed by atoms with van der Waals surface area (Å²) < 4.78 is 0. The third-order valence-electron chi connectivity index (χ3n) is 3.63. The van der Waals surface area contributed by atoms with Crippen molar-refractivity contribution in [2.24, 2.45) is 0 Å². The first kappa shape index (κ1) is 13.9. The Morgan fingerprint density at radius 2 is 2.00 bits per heavy atom. The van der Waals surface area contributed by atoms with E-state index in [0.29, 0.717) is 6.54 Å². The van der Waals surface area contributed by atoms with Crippen LogP contribution in [0.4, 0.5) is 0 Å². The molecule has 0 spiro atoms. The second-order valence-electron chi connectivity index (χ2n) is 5.12. The highest BCUT2D eigenvalue weighted by Crippen LogP contribution is 2.15. The van der Waals surface area contributed by atoms with Gasteiger partial charge in [-0.2, -0.15) is 0 Å². The van der Waals surface area contributed by atoms with Crippen molar-refractivity contribution in [2.45, 2.75) is 38.8 Å². The number of likely N-dealkylation sites (tertiary alicyclic amines) is 1. The molecule has 1 atom stereocenters. The van der Waals surface area contributed by atoms with Crippen molar-refractivity contribution in [2.75, 3.05) is 13.1 Å². The average Bonchev–Trinajstić information content (AvgIpc) is 2.46. The van der Waals surface area contributed by atoms with Crippen LogP contribution in [0.15, 0.2) is 24.3 Å². The summed E-state index contributed by atoms with van der Waals surface area (Å²) in [4.78, 5) is 14.1. The number of piperidine rings is 1. The van der Waals surface area contributed by atoms with Crippen LogP contribution < -0.4 is 5.32 Å². The van der Waals surface area contributed by atoms with E-state index in [0.717, 1.165) is 31.5 Å².